The van der Waals surface area contributed by atoms with Crippen LogP contribution in [0.25, 0.3) is 0 Å². The maximum Gasteiger partial charge on any atom is 0.214 e. The van der Waals surface area contributed by atoms with E-state index in [-0.39, 0.29) is 12.4 Å². The largest absolute Gasteiger partial charge is 0.395 e. The molecule has 0 aliphatic carbocycles. The van der Waals surface area contributed by atoms with Crippen LogP contribution in [0.3, 0.4) is 0 Å². The molecule has 4 nitrogen and oxygen atoms in total. The summed E-state index contributed by atoms with van der Waals surface area (Å²) in [6.07, 6.45) is 2.12. The number of hydrogen-bond donors (Lipinski definition) is 1. The van der Waals surface area contributed by atoms with Crippen LogP contribution in [0.15, 0.2) is 11.4 Å². The lowest BCUT2D eigenvalue weighted by Gasteiger charge is -2.25. The lowest BCUT2D eigenvalue weighted by molar-refractivity contribution is 0.305. The van der Waals surface area contributed by atoms with E-state index >= 15 is 0 Å². The zero-order valence-electron chi connectivity index (χ0n) is 10.6. The quantitative estimate of drug-likeness (QED) is 0.859. The predicted octanol–water partition coefficient (Wildman–Crippen LogP) is 1.41. The summed E-state index contributed by atoms with van der Waals surface area (Å²) in [7, 11) is -3.09. The molecule has 0 atom stereocenters. The van der Waals surface area contributed by atoms with Gasteiger partial charge in [0.15, 0.2) is 0 Å². The van der Waals surface area contributed by atoms with Crippen molar-refractivity contribution in [2.45, 2.75) is 25.8 Å². The molecule has 1 aromatic heterocycles. The fourth-order valence-corrected chi connectivity index (χ4v) is 4.45. The molecule has 1 aliphatic rings. The Kier molecular flexibility index (Phi) is 4.99. The number of rotatable bonds is 3. The van der Waals surface area contributed by atoms with E-state index in [0.29, 0.717) is 19.5 Å². The summed E-state index contributed by atoms with van der Waals surface area (Å²) in [6.45, 7) is 1.07. The number of aliphatic hydroxyl groups is 1. The molecule has 0 aromatic carbocycles. The second kappa shape index (κ2) is 6.53. The Hall–Kier alpha value is -0.870. The topological polar surface area (TPSA) is 57.6 Å². The van der Waals surface area contributed by atoms with E-state index in [2.05, 4.69) is 11.8 Å². The highest BCUT2D eigenvalue weighted by atomic mass is 32.2. The fourth-order valence-electron chi connectivity index (χ4n) is 1.97. The van der Waals surface area contributed by atoms with Crippen LogP contribution in [0.5, 0.6) is 0 Å². The first-order valence-corrected chi connectivity index (χ1v) is 8.76. The van der Waals surface area contributed by atoms with Crippen molar-refractivity contribution in [2.75, 3.05) is 18.9 Å². The molecule has 1 N–H and O–H groups in total. The van der Waals surface area contributed by atoms with Crippen LogP contribution in [0.4, 0.5) is 0 Å². The van der Waals surface area contributed by atoms with Crippen molar-refractivity contribution in [3.8, 4) is 11.8 Å². The standard InChI is InChI=1S/C13H17NO3S2/c15-8-3-1-5-12-6-9-18-13(12)11-14-7-2-4-10-19(14,16)17/h6,9,15H,2-4,7-8,10-11H2. The molecule has 104 valence electrons. The number of hydrogen-bond acceptors (Lipinski definition) is 4. The van der Waals surface area contributed by atoms with Crippen molar-refractivity contribution in [2.24, 2.45) is 0 Å². The van der Waals surface area contributed by atoms with E-state index in [1.165, 1.54) is 11.3 Å². The highest BCUT2D eigenvalue weighted by Crippen LogP contribution is 2.22. The second-order valence-corrected chi connectivity index (χ2v) is 7.48. The van der Waals surface area contributed by atoms with Crippen LogP contribution < -0.4 is 0 Å². The number of sulfonamides is 1. The Morgan fingerprint density at radius 3 is 3.00 bits per heavy atom. The van der Waals surface area contributed by atoms with E-state index in [1.54, 1.807) is 4.31 Å². The van der Waals surface area contributed by atoms with Gasteiger partial charge >= 0.3 is 0 Å². The average molecular weight is 299 g/mol. The van der Waals surface area contributed by atoms with Crippen LogP contribution >= 0.6 is 11.3 Å². The molecule has 0 radical (unpaired) electrons. The van der Waals surface area contributed by atoms with E-state index in [0.717, 1.165) is 23.3 Å². The minimum atomic E-state index is -3.09. The van der Waals surface area contributed by atoms with Crippen LogP contribution in [-0.2, 0) is 16.6 Å². The number of nitrogens with zero attached hydrogens (tertiary/aromatic N) is 1. The third-order valence-corrected chi connectivity index (χ3v) is 5.79. The van der Waals surface area contributed by atoms with E-state index in [4.69, 9.17) is 5.11 Å². The first-order valence-electron chi connectivity index (χ1n) is 6.27. The second-order valence-electron chi connectivity index (χ2n) is 4.39. The van der Waals surface area contributed by atoms with Crippen LogP contribution in [0.1, 0.15) is 29.7 Å². The summed E-state index contributed by atoms with van der Waals surface area (Å²) in [4.78, 5) is 0.982. The molecule has 0 spiro atoms. The zero-order chi connectivity index (χ0) is 13.7. The molecule has 6 heteroatoms. The molecular weight excluding hydrogens is 282 g/mol. The molecule has 0 bridgehead atoms. The molecule has 0 unspecified atom stereocenters. The number of thiophene rings is 1. The van der Waals surface area contributed by atoms with E-state index in [9.17, 15) is 8.42 Å². The van der Waals surface area contributed by atoms with Crippen molar-refractivity contribution in [1.29, 1.82) is 0 Å². The molecule has 1 saturated heterocycles. The van der Waals surface area contributed by atoms with Gasteiger partial charge in [0.1, 0.15) is 0 Å². The molecule has 19 heavy (non-hydrogen) atoms. The van der Waals surface area contributed by atoms with Gasteiger partial charge in [0, 0.05) is 30.0 Å². The maximum atomic E-state index is 11.9. The van der Waals surface area contributed by atoms with Crippen molar-refractivity contribution in [3.63, 3.8) is 0 Å². The van der Waals surface area contributed by atoms with Gasteiger partial charge in [0.2, 0.25) is 10.0 Å². The molecule has 2 rings (SSSR count). The van der Waals surface area contributed by atoms with Crippen LogP contribution in [-0.4, -0.2) is 36.7 Å². The summed E-state index contributed by atoms with van der Waals surface area (Å²) < 4.78 is 25.4. The molecule has 0 amide bonds. The van der Waals surface area contributed by atoms with Gasteiger partial charge in [-0.1, -0.05) is 11.8 Å². The highest BCUT2D eigenvalue weighted by Gasteiger charge is 2.26. The number of aliphatic hydroxyl groups excluding tert-OH is 1. The lowest BCUT2D eigenvalue weighted by atomic mass is 10.2. The van der Waals surface area contributed by atoms with Gasteiger partial charge in [-0.2, -0.15) is 4.31 Å². The Balaban J connectivity index is 2.12. The van der Waals surface area contributed by atoms with Gasteiger partial charge in [0.05, 0.1) is 12.4 Å². The Morgan fingerprint density at radius 1 is 1.42 bits per heavy atom. The fraction of sp³-hybridized carbons (Fsp3) is 0.538. The van der Waals surface area contributed by atoms with Gasteiger partial charge in [-0.05, 0) is 24.3 Å². The first kappa shape index (κ1) is 14.5. The van der Waals surface area contributed by atoms with Crippen LogP contribution in [0.2, 0.25) is 0 Å². The zero-order valence-corrected chi connectivity index (χ0v) is 12.3. The third kappa shape index (κ3) is 3.80. The first-order chi connectivity index (χ1) is 9.13. The molecular formula is C13H17NO3S2. The molecule has 2 heterocycles. The average Bonchev–Trinajstić information content (AvgIpc) is 2.80. The highest BCUT2D eigenvalue weighted by molar-refractivity contribution is 7.89. The van der Waals surface area contributed by atoms with Gasteiger partial charge in [0.25, 0.3) is 0 Å². The normalized spacial score (nSPS) is 18.8. The Bertz CT molecular complexity index is 581. The van der Waals surface area contributed by atoms with Crippen molar-refractivity contribution < 1.29 is 13.5 Å². The Labute approximate surface area is 118 Å². The summed E-state index contributed by atoms with van der Waals surface area (Å²) in [6, 6.07) is 1.90. The smallest absolute Gasteiger partial charge is 0.214 e. The minimum absolute atomic E-state index is 0.0486. The van der Waals surface area contributed by atoms with Crippen molar-refractivity contribution in [3.05, 3.63) is 21.9 Å². The summed E-state index contributed by atoms with van der Waals surface area (Å²) in [5, 5.41) is 10.6. The molecule has 1 fully saturated rings. The van der Waals surface area contributed by atoms with Crippen LogP contribution in [0, 0.1) is 11.8 Å². The van der Waals surface area contributed by atoms with Gasteiger partial charge in [-0.25, -0.2) is 8.42 Å². The van der Waals surface area contributed by atoms with Crippen molar-refractivity contribution >= 4 is 21.4 Å². The van der Waals surface area contributed by atoms with Gasteiger partial charge in [-0.3, -0.25) is 0 Å². The monoisotopic (exact) mass is 299 g/mol. The summed E-state index contributed by atoms with van der Waals surface area (Å²) >= 11 is 1.53. The minimum Gasteiger partial charge on any atom is -0.395 e. The van der Waals surface area contributed by atoms with Gasteiger partial charge in [-0.15, -0.1) is 11.3 Å². The van der Waals surface area contributed by atoms with Crippen molar-refractivity contribution in [1.82, 2.24) is 4.31 Å². The molecule has 1 aliphatic heterocycles. The summed E-state index contributed by atoms with van der Waals surface area (Å²) in [5.74, 6) is 6.12. The maximum absolute atomic E-state index is 11.9. The lowest BCUT2D eigenvalue weighted by Crippen LogP contribution is -2.37. The van der Waals surface area contributed by atoms with Gasteiger partial charge < -0.3 is 5.11 Å². The third-order valence-electron chi connectivity index (χ3n) is 2.98. The predicted molar refractivity (Wildman–Crippen MR) is 76.3 cm³/mol. The van der Waals surface area contributed by atoms with E-state index in [1.807, 2.05) is 11.4 Å². The van der Waals surface area contributed by atoms with E-state index < -0.39 is 10.0 Å². The molecule has 0 saturated carbocycles. The Morgan fingerprint density at radius 2 is 2.26 bits per heavy atom. The summed E-state index contributed by atoms with van der Waals surface area (Å²) in [5.41, 5.74) is 0.874. The SMILES string of the molecule is O=S1(=O)CCCCN1Cc1sccc1C#CCCO. The molecule has 1 aromatic rings.